The molecule has 0 saturated carbocycles. The Morgan fingerprint density at radius 1 is 1.50 bits per heavy atom. The molecule has 0 atom stereocenters. The summed E-state index contributed by atoms with van der Waals surface area (Å²) in [7, 11) is 0. The average molecular weight is 130 g/mol. The molecule has 0 saturated heterocycles. The molecule has 8 heavy (non-hydrogen) atoms. The van der Waals surface area contributed by atoms with Crippen molar-refractivity contribution in [1.82, 2.24) is 0 Å². The highest BCUT2D eigenvalue weighted by atomic mass is 35.5. The van der Waals surface area contributed by atoms with Gasteiger partial charge in [0.25, 0.3) is 0 Å². The molecule has 42 valence electrons. The first-order chi connectivity index (χ1) is 3.91. The van der Waals surface area contributed by atoms with Crippen molar-refractivity contribution in [1.29, 1.82) is 0 Å². The molecule has 4 heteroatoms. The third-order valence-electron chi connectivity index (χ3n) is 0.388. The Kier molecular flexibility index (Phi) is 5.38. The SMILES string of the molecule is [N-]=[N+]=N/C=C/C=C/Cl. The van der Waals surface area contributed by atoms with Gasteiger partial charge in [0, 0.05) is 16.6 Å². The number of hydrogen-bond acceptors (Lipinski definition) is 1. The molecule has 0 aromatic heterocycles. The summed E-state index contributed by atoms with van der Waals surface area (Å²) in [5.74, 6) is 0. The van der Waals surface area contributed by atoms with Crippen LogP contribution in [0, 0.1) is 0 Å². The summed E-state index contributed by atoms with van der Waals surface area (Å²) < 4.78 is 0. The van der Waals surface area contributed by atoms with E-state index in [1.807, 2.05) is 0 Å². The molecule has 0 spiro atoms. The molecular formula is C4H4ClN3. The van der Waals surface area contributed by atoms with Crippen LogP contribution in [0.25, 0.3) is 10.4 Å². The lowest BCUT2D eigenvalue weighted by molar-refractivity contribution is 1.51. The molecular weight excluding hydrogens is 126 g/mol. The molecule has 0 aliphatic heterocycles. The number of hydrogen-bond donors (Lipinski definition) is 0. The fourth-order valence-corrected chi connectivity index (χ4v) is 0.244. The Morgan fingerprint density at radius 3 is 2.75 bits per heavy atom. The van der Waals surface area contributed by atoms with Gasteiger partial charge in [0.2, 0.25) is 0 Å². The Balaban J connectivity index is 3.50. The highest BCUT2D eigenvalue weighted by Crippen LogP contribution is 1.80. The second-order valence-corrected chi connectivity index (χ2v) is 1.12. The van der Waals surface area contributed by atoms with Crippen molar-refractivity contribution in [2.45, 2.75) is 0 Å². The van der Waals surface area contributed by atoms with Crippen molar-refractivity contribution in [3.8, 4) is 0 Å². The van der Waals surface area contributed by atoms with Crippen molar-refractivity contribution < 1.29 is 0 Å². The van der Waals surface area contributed by atoms with Gasteiger partial charge in [-0.05, 0) is 5.53 Å². The van der Waals surface area contributed by atoms with E-state index in [0.717, 1.165) is 0 Å². The van der Waals surface area contributed by atoms with Crippen molar-refractivity contribution >= 4 is 11.6 Å². The van der Waals surface area contributed by atoms with Crippen LogP contribution in [-0.2, 0) is 0 Å². The number of nitrogens with zero attached hydrogens (tertiary/aromatic N) is 3. The Labute approximate surface area is 51.9 Å². The maximum atomic E-state index is 7.72. The van der Waals surface area contributed by atoms with E-state index in [9.17, 15) is 0 Å². The van der Waals surface area contributed by atoms with Gasteiger partial charge in [-0.15, -0.1) is 0 Å². The summed E-state index contributed by atoms with van der Waals surface area (Å²) in [6, 6.07) is 0. The van der Waals surface area contributed by atoms with Gasteiger partial charge < -0.3 is 0 Å². The molecule has 0 amide bonds. The van der Waals surface area contributed by atoms with Gasteiger partial charge in [-0.25, -0.2) is 0 Å². The molecule has 0 bridgehead atoms. The fraction of sp³-hybridized carbons (Fsp3) is 0. The Bertz CT molecular complexity index is 143. The summed E-state index contributed by atoms with van der Waals surface area (Å²) in [5, 5.41) is 3.10. The predicted octanol–water partition coefficient (Wildman–Crippen LogP) is 2.56. The van der Waals surface area contributed by atoms with Gasteiger partial charge >= 0.3 is 0 Å². The van der Waals surface area contributed by atoms with Gasteiger partial charge in [-0.1, -0.05) is 28.9 Å². The third-order valence-corrected chi connectivity index (χ3v) is 0.534. The van der Waals surface area contributed by atoms with Gasteiger partial charge in [0.1, 0.15) is 0 Å². The zero-order valence-electron chi connectivity index (χ0n) is 4.03. The second-order valence-electron chi connectivity index (χ2n) is 0.865. The highest BCUT2D eigenvalue weighted by molar-refractivity contribution is 6.25. The normalized spacial score (nSPS) is 10.1. The van der Waals surface area contributed by atoms with E-state index in [4.69, 9.17) is 17.1 Å². The number of azide groups is 1. The van der Waals surface area contributed by atoms with Crippen LogP contribution in [0.2, 0.25) is 0 Å². The van der Waals surface area contributed by atoms with Gasteiger partial charge in [0.05, 0.1) is 0 Å². The molecule has 0 aromatic rings. The lowest BCUT2D eigenvalue weighted by Gasteiger charge is -1.63. The molecule has 0 aliphatic rings. The van der Waals surface area contributed by atoms with E-state index in [1.165, 1.54) is 17.8 Å². The van der Waals surface area contributed by atoms with E-state index in [1.54, 1.807) is 6.08 Å². The topological polar surface area (TPSA) is 48.8 Å². The number of halogens is 1. The van der Waals surface area contributed by atoms with Crippen LogP contribution >= 0.6 is 11.6 Å². The zero-order valence-corrected chi connectivity index (χ0v) is 4.78. The first kappa shape index (κ1) is 7.08. The van der Waals surface area contributed by atoms with Crippen LogP contribution < -0.4 is 0 Å². The third kappa shape index (κ3) is 5.08. The first-order valence-electron chi connectivity index (χ1n) is 1.88. The maximum absolute atomic E-state index is 7.72. The van der Waals surface area contributed by atoms with Crippen molar-refractivity contribution in [2.24, 2.45) is 5.11 Å². The first-order valence-corrected chi connectivity index (χ1v) is 2.31. The summed E-state index contributed by atoms with van der Waals surface area (Å²) in [5.41, 5.74) is 9.04. The molecule has 0 rings (SSSR count). The summed E-state index contributed by atoms with van der Waals surface area (Å²) in [6.07, 6.45) is 4.39. The van der Waals surface area contributed by atoms with Crippen molar-refractivity contribution in [3.05, 3.63) is 34.3 Å². The van der Waals surface area contributed by atoms with E-state index in [-0.39, 0.29) is 0 Å². The molecule has 3 nitrogen and oxygen atoms in total. The summed E-state index contributed by atoms with van der Waals surface area (Å²) in [4.78, 5) is 2.47. The number of rotatable bonds is 2. The van der Waals surface area contributed by atoms with E-state index < -0.39 is 0 Å². The van der Waals surface area contributed by atoms with E-state index in [2.05, 4.69) is 10.0 Å². The lowest BCUT2D eigenvalue weighted by Crippen LogP contribution is -1.41. The summed E-state index contributed by atoms with van der Waals surface area (Å²) in [6.45, 7) is 0. The Morgan fingerprint density at radius 2 is 2.25 bits per heavy atom. The molecule has 0 fully saturated rings. The molecule has 0 radical (unpaired) electrons. The Hall–Kier alpha value is -0.920. The fourth-order valence-electron chi connectivity index (χ4n) is 0.160. The maximum Gasteiger partial charge on any atom is 0.00475 e. The standard InChI is InChI=1S/C4H4ClN3/c5-3-1-2-4-7-8-6/h1-4H/b3-1+,4-2+. The van der Waals surface area contributed by atoms with Gasteiger partial charge in [0.15, 0.2) is 0 Å². The monoisotopic (exact) mass is 129 g/mol. The van der Waals surface area contributed by atoms with Crippen molar-refractivity contribution in [2.75, 3.05) is 0 Å². The lowest BCUT2D eigenvalue weighted by atomic mass is 10.6. The minimum Gasteiger partial charge on any atom is -0.0930 e. The molecule has 0 heterocycles. The van der Waals surface area contributed by atoms with Gasteiger partial charge in [-0.2, -0.15) is 0 Å². The molecule has 0 N–H and O–H groups in total. The quantitative estimate of drug-likeness (QED) is 0.238. The van der Waals surface area contributed by atoms with E-state index in [0.29, 0.717) is 0 Å². The minimum absolute atomic E-state index is 1.30. The van der Waals surface area contributed by atoms with E-state index >= 15 is 0 Å². The largest absolute Gasteiger partial charge is 0.0930 e. The van der Waals surface area contributed by atoms with Crippen LogP contribution in [0.4, 0.5) is 0 Å². The van der Waals surface area contributed by atoms with Crippen LogP contribution in [-0.4, -0.2) is 0 Å². The summed E-state index contributed by atoms with van der Waals surface area (Å²) >= 11 is 5.11. The van der Waals surface area contributed by atoms with Crippen LogP contribution in [0.3, 0.4) is 0 Å². The number of allylic oxidation sites excluding steroid dienone is 2. The van der Waals surface area contributed by atoms with Crippen molar-refractivity contribution in [3.63, 3.8) is 0 Å². The highest BCUT2D eigenvalue weighted by Gasteiger charge is 1.56. The molecule has 0 aliphatic carbocycles. The van der Waals surface area contributed by atoms with Crippen LogP contribution in [0.1, 0.15) is 0 Å². The average Bonchev–Trinajstić information content (AvgIpc) is 1.81. The van der Waals surface area contributed by atoms with Gasteiger partial charge in [-0.3, -0.25) is 0 Å². The van der Waals surface area contributed by atoms with Crippen LogP contribution in [0.5, 0.6) is 0 Å². The minimum atomic E-state index is 1.30. The predicted molar refractivity (Wildman–Crippen MR) is 33.3 cm³/mol. The second kappa shape index (κ2) is 6.08. The smallest absolute Gasteiger partial charge is 0.00475 e. The molecule has 0 unspecified atom stereocenters. The zero-order chi connectivity index (χ0) is 6.24. The van der Waals surface area contributed by atoms with Crippen LogP contribution in [0.15, 0.2) is 29.0 Å². The molecule has 0 aromatic carbocycles.